The summed E-state index contributed by atoms with van der Waals surface area (Å²) < 4.78 is 5.48. The SMILES string of the molecule is Cc1nc(CN(C)C(C)CC#N)oc1C. The van der Waals surface area contributed by atoms with Gasteiger partial charge in [0.15, 0.2) is 0 Å². The van der Waals surface area contributed by atoms with Gasteiger partial charge in [-0.05, 0) is 27.8 Å². The van der Waals surface area contributed by atoms with Crippen molar-refractivity contribution in [2.45, 2.75) is 39.8 Å². The normalized spacial score (nSPS) is 12.8. The summed E-state index contributed by atoms with van der Waals surface area (Å²) in [7, 11) is 1.97. The third-order valence-corrected chi connectivity index (χ3v) is 2.60. The van der Waals surface area contributed by atoms with Gasteiger partial charge in [0.1, 0.15) is 5.76 Å². The fraction of sp³-hybridized carbons (Fsp3) is 0.636. The molecule has 0 N–H and O–H groups in total. The zero-order chi connectivity index (χ0) is 11.4. The first kappa shape index (κ1) is 11.7. The highest BCUT2D eigenvalue weighted by atomic mass is 16.4. The maximum absolute atomic E-state index is 8.58. The monoisotopic (exact) mass is 207 g/mol. The lowest BCUT2D eigenvalue weighted by Gasteiger charge is -2.20. The van der Waals surface area contributed by atoms with Crippen LogP contribution in [-0.4, -0.2) is 23.0 Å². The highest BCUT2D eigenvalue weighted by molar-refractivity contribution is 5.05. The number of oxazole rings is 1. The molecule has 4 nitrogen and oxygen atoms in total. The highest BCUT2D eigenvalue weighted by Crippen LogP contribution is 2.11. The van der Waals surface area contributed by atoms with Crippen molar-refractivity contribution in [2.75, 3.05) is 7.05 Å². The summed E-state index contributed by atoms with van der Waals surface area (Å²) in [6.07, 6.45) is 0.523. The summed E-state index contributed by atoms with van der Waals surface area (Å²) in [4.78, 5) is 6.36. The molecule has 1 heterocycles. The molecule has 0 aromatic carbocycles. The topological polar surface area (TPSA) is 53.1 Å². The third kappa shape index (κ3) is 3.07. The van der Waals surface area contributed by atoms with Gasteiger partial charge in [0.25, 0.3) is 0 Å². The molecule has 15 heavy (non-hydrogen) atoms. The van der Waals surface area contributed by atoms with Gasteiger partial charge in [0.05, 0.1) is 24.7 Å². The van der Waals surface area contributed by atoms with Crippen LogP contribution >= 0.6 is 0 Å². The molecule has 0 radical (unpaired) electrons. The number of nitrogens with zero attached hydrogens (tertiary/aromatic N) is 3. The summed E-state index contributed by atoms with van der Waals surface area (Å²) in [5.41, 5.74) is 0.936. The predicted molar refractivity (Wildman–Crippen MR) is 57.1 cm³/mol. The molecule has 1 unspecified atom stereocenters. The Kier molecular flexibility index (Phi) is 3.87. The summed E-state index contributed by atoms with van der Waals surface area (Å²) >= 11 is 0. The molecule has 1 rings (SSSR count). The molecule has 0 aliphatic carbocycles. The molecule has 0 aliphatic heterocycles. The lowest BCUT2D eigenvalue weighted by atomic mass is 10.2. The smallest absolute Gasteiger partial charge is 0.208 e. The summed E-state index contributed by atoms with van der Waals surface area (Å²) in [5, 5.41) is 8.58. The highest BCUT2D eigenvalue weighted by Gasteiger charge is 2.13. The predicted octanol–water partition coefficient (Wildman–Crippen LogP) is 2.03. The zero-order valence-electron chi connectivity index (χ0n) is 9.74. The Balaban J connectivity index is 2.58. The molecule has 4 heteroatoms. The van der Waals surface area contributed by atoms with Crippen LogP contribution in [0.25, 0.3) is 0 Å². The van der Waals surface area contributed by atoms with E-state index in [1.165, 1.54) is 0 Å². The maximum atomic E-state index is 8.58. The van der Waals surface area contributed by atoms with E-state index in [9.17, 15) is 0 Å². The number of nitriles is 1. The van der Waals surface area contributed by atoms with Crippen molar-refractivity contribution >= 4 is 0 Å². The van der Waals surface area contributed by atoms with Gasteiger partial charge in [-0.15, -0.1) is 0 Å². The Labute approximate surface area is 90.5 Å². The van der Waals surface area contributed by atoms with Gasteiger partial charge in [-0.3, -0.25) is 4.90 Å². The van der Waals surface area contributed by atoms with Gasteiger partial charge in [0.2, 0.25) is 5.89 Å². The van der Waals surface area contributed by atoms with Crippen molar-refractivity contribution in [3.63, 3.8) is 0 Å². The van der Waals surface area contributed by atoms with Crippen LogP contribution in [0.15, 0.2) is 4.42 Å². The Hall–Kier alpha value is -1.34. The number of hydrogen-bond donors (Lipinski definition) is 0. The van der Waals surface area contributed by atoms with Crippen molar-refractivity contribution in [3.8, 4) is 6.07 Å². The minimum atomic E-state index is 0.225. The van der Waals surface area contributed by atoms with E-state index in [-0.39, 0.29) is 6.04 Å². The molecule has 0 amide bonds. The van der Waals surface area contributed by atoms with E-state index >= 15 is 0 Å². The first-order valence-electron chi connectivity index (χ1n) is 5.04. The van der Waals surface area contributed by atoms with Crippen LogP contribution in [0, 0.1) is 25.2 Å². The van der Waals surface area contributed by atoms with E-state index in [4.69, 9.17) is 9.68 Å². The van der Waals surface area contributed by atoms with E-state index < -0.39 is 0 Å². The number of aromatic nitrogens is 1. The van der Waals surface area contributed by atoms with Crippen LogP contribution in [-0.2, 0) is 6.54 Å². The zero-order valence-corrected chi connectivity index (χ0v) is 9.74. The molecule has 0 bridgehead atoms. The van der Waals surface area contributed by atoms with Gasteiger partial charge in [-0.2, -0.15) is 5.26 Å². The van der Waals surface area contributed by atoms with Crippen LogP contribution in [0.1, 0.15) is 30.7 Å². The Morgan fingerprint density at radius 3 is 2.67 bits per heavy atom. The summed E-state index contributed by atoms with van der Waals surface area (Å²) in [5.74, 6) is 1.59. The number of rotatable bonds is 4. The fourth-order valence-corrected chi connectivity index (χ4v) is 1.26. The minimum absolute atomic E-state index is 0.225. The maximum Gasteiger partial charge on any atom is 0.208 e. The quantitative estimate of drug-likeness (QED) is 0.758. The first-order chi connectivity index (χ1) is 7.04. The molecule has 1 aromatic rings. The fourth-order valence-electron chi connectivity index (χ4n) is 1.26. The van der Waals surface area contributed by atoms with Crippen LogP contribution in [0.3, 0.4) is 0 Å². The molecule has 0 spiro atoms. The van der Waals surface area contributed by atoms with Crippen molar-refractivity contribution in [1.82, 2.24) is 9.88 Å². The largest absolute Gasteiger partial charge is 0.444 e. The molecular weight excluding hydrogens is 190 g/mol. The van der Waals surface area contributed by atoms with Crippen molar-refractivity contribution in [1.29, 1.82) is 5.26 Å². The lowest BCUT2D eigenvalue weighted by molar-refractivity contribution is 0.226. The van der Waals surface area contributed by atoms with Crippen LogP contribution in [0.5, 0.6) is 0 Å². The Bertz CT molecular complexity index is 345. The van der Waals surface area contributed by atoms with Gasteiger partial charge < -0.3 is 4.42 Å². The molecule has 1 atom stereocenters. The summed E-state index contributed by atoms with van der Waals surface area (Å²) in [6, 6.07) is 2.38. The Morgan fingerprint density at radius 2 is 2.20 bits per heavy atom. The molecule has 0 aliphatic rings. The van der Waals surface area contributed by atoms with E-state index in [0.29, 0.717) is 13.0 Å². The van der Waals surface area contributed by atoms with Crippen molar-refractivity contribution < 1.29 is 4.42 Å². The van der Waals surface area contributed by atoms with Gasteiger partial charge in [-0.1, -0.05) is 0 Å². The van der Waals surface area contributed by atoms with Crippen LogP contribution in [0.4, 0.5) is 0 Å². The van der Waals surface area contributed by atoms with Crippen molar-refractivity contribution in [3.05, 3.63) is 17.3 Å². The average Bonchev–Trinajstić information content (AvgIpc) is 2.46. The van der Waals surface area contributed by atoms with Crippen molar-refractivity contribution in [2.24, 2.45) is 0 Å². The lowest BCUT2D eigenvalue weighted by Crippen LogP contribution is -2.28. The van der Waals surface area contributed by atoms with Gasteiger partial charge >= 0.3 is 0 Å². The van der Waals surface area contributed by atoms with E-state index in [2.05, 4.69) is 16.0 Å². The number of aryl methyl sites for hydroxylation is 2. The third-order valence-electron chi connectivity index (χ3n) is 2.60. The standard InChI is InChI=1S/C11H17N3O/c1-8(5-6-12)14(4)7-11-13-9(2)10(3)15-11/h8H,5,7H2,1-4H3. The van der Waals surface area contributed by atoms with Gasteiger partial charge in [-0.25, -0.2) is 4.98 Å². The Morgan fingerprint density at radius 1 is 1.53 bits per heavy atom. The molecular formula is C11H17N3O. The van der Waals surface area contributed by atoms with Crippen LogP contribution in [0.2, 0.25) is 0 Å². The van der Waals surface area contributed by atoms with E-state index in [1.807, 2.05) is 27.8 Å². The van der Waals surface area contributed by atoms with E-state index in [0.717, 1.165) is 17.3 Å². The van der Waals surface area contributed by atoms with Crippen LogP contribution < -0.4 is 0 Å². The minimum Gasteiger partial charge on any atom is -0.444 e. The molecule has 82 valence electrons. The molecule has 1 aromatic heterocycles. The number of hydrogen-bond acceptors (Lipinski definition) is 4. The average molecular weight is 207 g/mol. The second kappa shape index (κ2) is 4.94. The molecule has 0 saturated heterocycles. The summed E-state index contributed by atoms with van der Waals surface area (Å²) in [6.45, 7) is 6.51. The first-order valence-corrected chi connectivity index (χ1v) is 5.04. The second-order valence-corrected chi connectivity index (χ2v) is 3.88. The van der Waals surface area contributed by atoms with E-state index in [1.54, 1.807) is 0 Å². The van der Waals surface area contributed by atoms with Gasteiger partial charge in [0, 0.05) is 6.04 Å². The second-order valence-electron chi connectivity index (χ2n) is 3.88. The molecule has 0 fully saturated rings. The molecule has 0 saturated carbocycles.